The van der Waals surface area contributed by atoms with Crippen LogP contribution in [-0.4, -0.2) is 37.3 Å². The molecule has 6 heteroatoms. The van der Waals surface area contributed by atoms with Gasteiger partial charge in [-0.25, -0.2) is 4.79 Å². The number of anilines is 1. The first kappa shape index (κ1) is 16.8. The molecular formula is C15H22N2O4. The Labute approximate surface area is 124 Å². The minimum atomic E-state index is -0.930. The van der Waals surface area contributed by atoms with Crippen molar-refractivity contribution in [2.45, 2.75) is 26.3 Å². The Bertz CT molecular complexity index is 485. The SMILES string of the molecule is COc1ccc(N(C)C(=O)NC(CC(=O)O)C(C)C)cc1. The summed E-state index contributed by atoms with van der Waals surface area (Å²) in [5.41, 5.74) is 0.700. The summed E-state index contributed by atoms with van der Waals surface area (Å²) in [5.74, 6) is -0.186. The lowest BCUT2D eigenvalue weighted by atomic mass is 10.0. The first-order valence-electron chi connectivity index (χ1n) is 6.75. The average molecular weight is 294 g/mol. The van der Waals surface area contributed by atoms with E-state index in [2.05, 4.69) is 5.32 Å². The van der Waals surface area contributed by atoms with Gasteiger partial charge in [0.2, 0.25) is 0 Å². The molecule has 1 atom stereocenters. The number of amides is 2. The number of hydrogen-bond donors (Lipinski definition) is 2. The maximum Gasteiger partial charge on any atom is 0.321 e. The third kappa shape index (κ3) is 4.98. The van der Waals surface area contributed by atoms with Gasteiger partial charge in [-0.1, -0.05) is 13.8 Å². The molecule has 1 rings (SSSR count). The lowest BCUT2D eigenvalue weighted by Gasteiger charge is -2.25. The Morgan fingerprint density at radius 2 is 1.86 bits per heavy atom. The van der Waals surface area contributed by atoms with E-state index in [0.29, 0.717) is 11.4 Å². The van der Waals surface area contributed by atoms with E-state index >= 15 is 0 Å². The van der Waals surface area contributed by atoms with Gasteiger partial charge in [0, 0.05) is 18.8 Å². The van der Waals surface area contributed by atoms with Crippen molar-refractivity contribution < 1.29 is 19.4 Å². The predicted molar refractivity (Wildman–Crippen MR) is 80.8 cm³/mol. The zero-order valence-corrected chi connectivity index (χ0v) is 12.8. The van der Waals surface area contributed by atoms with Gasteiger partial charge < -0.3 is 15.2 Å². The van der Waals surface area contributed by atoms with E-state index in [0.717, 1.165) is 0 Å². The van der Waals surface area contributed by atoms with Gasteiger partial charge in [0.25, 0.3) is 0 Å². The molecule has 116 valence electrons. The highest BCUT2D eigenvalue weighted by atomic mass is 16.5. The smallest absolute Gasteiger partial charge is 0.321 e. The van der Waals surface area contributed by atoms with Crippen LogP contribution in [0.15, 0.2) is 24.3 Å². The fraction of sp³-hybridized carbons (Fsp3) is 0.467. The lowest BCUT2D eigenvalue weighted by molar-refractivity contribution is -0.137. The zero-order chi connectivity index (χ0) is 16.0. The van der Waals surface area contributed by atoms with Crippen LogP contribution in [0.1, 0.15) is 20.3 Å². The van der Waals surface area contributed by atoms with Crippen molar-refractivity contribution >= 4 is 17.7 Å². The summed E-state index contributed by atoms with van der Waals surface area (Å²) < 4.78 is 5.06. The van der Waals surface area contributed by atoms with Gasteiger partial charge in [0.05, 0.1) is 13.5 Å². The van der Waals surface area contributed by atoms with Crippen molar-refractivity contribution in [1.29, 1.82) is 0 Å². The van der Waals surface area contributed by atoms with Crippen LogP contribution >= 0.6 is 0 Å². The van der Waals surface area contributed by atoms with Crippen LogP contribution in [0.25, 0.3) is 0 Å². The third-order valence-electron chi connectivity index (χ3n) is 3.27. The number of carbonyl (C=O) groups is 2. The molecule has 0 saturated carbocycles. The van der Waals surface area contributed by atoms with Crippen molar-refractivity contribution in [2.24, 2.45) is 5.92 Å². The van der Waals surface area contributed by atoms with Crippen molar-refractivity contribution in [3.63, 3.8) is 0 Å². The molecule has 2 amide bonds. The Balaban J connectivity index is 2.73. The molecule has 0 heterocycles. The summed E-state index contributed by atoms with van der Waals surface area (Å²) in [7, 11) is 3.21. The molecule has 0 radical (unpaired) electrons. The molecule has 0 aliphatic rings. The molecule has 1 unspecified atom stereocenters. The van der Waals surface area contributed by atoms with Crippen LogP contribution in [0, 0.1) is 5.92 Å². The fourth-order valence-electron chi connectivity index (χ4n) is 1.82. The van der Waals surface area contributed by atoms with E-state index in [-0.39, 0.29) is 18.4 Å². The standard InChI is InChI=1S/C15H22N2O4/c1-10(2)13(9-14(18)19)16-15(20)17(3)11-5-7-12(21-4)8-6-11/h5-8,10,13H,9H2,1-4H3,(H,16,20)(H,18,19). The van der Waals surface area contributed by atoms with Crippen LogP contribution in [0.5, 0.6) is 5.75 Å². The molecule has 0 aliphatic carbocycles. The van der Waals surface area contributed by atoms with Gasteiger partial charge in [-0.2, -0.15) is 0 Å². The molecule has 0 fully saturated rings. The summed E-state index contributed by atoms with van der Waals surface area (Å²) in [6, 6.07) is 6.31. The topological polar surface area (TPSA) is 78.9 Å². The Kier molecular flexibility index (Phi) is 6.02. The number of methoxy groups -OCH3 is 1. The van der Waals surface area contributed by atoms with Crippen LogP contribution in [0.4, 0.5) is 10.5 Å². The zero-order valence-electron chi connectivity index (χ0n) is 12.8. The third-order valence-corrected chi connectivity index (χ3v) is 3.27. The van der Waals surface area contributed by atoms with Crippen molar-refractivity contribution in [2.75, 3.05) is 19.1 Å². The number of carbonyl (C=O) groups excluding carboxylic acids is 1. The number of nitrogens with one attached hydrogen (secondary N) is 1. The number of carboxylic acid groups (broad SMARTS) is 1. The van der Waals surface area contributed by atoms with Gasteiger partial charge in [0.15, 0.2) is 0 Å². The number of benzene rings is 1. The highest BCUT2D eigenvalue weighted by Crippen LogP contribution is 2.18. The molecule has 0 aromatic heterocycles. The van der Waals surface area contributed by atoms with Crippen LogP contribution in [0.3, 0.4) is 0 Å². The van der Waals surface area contributed by atoms with Crippen molar-refractivity contribution in [3.05, 3.63) is 24.3 Å². The van der Waals surface area contributed by atoms with E-state index in [1.165, 1.54) is 4.90 Å². The Hall–Kier alpha value is -2.24. The number of nitrogens with zero attached hydrogens (tertiary/aromatic N) is 1. The number of carboxylic acids is 1. The predicted octanol–water partition coefficient (Wildman–Crippen LogP) is 2.34. The van der Waals surface area contributed by atoms with E-state index in [4.69, 9.17) is 9.84 Å². The molecule has 1 aromatic carbocycles. The van der Waals surface area contributed by atoms with Gasteiger partial charge in [0.1, 0.15) is 5.75 Å². The number of urea groups is 1. The maximum absolute atomic E-state index is 12.2. The summed E-state index contributed by atoms with van der Waals surface area (Å²) >= 11 is 0. The number of hydrogen-bond acceptors (Lipinski definition) is 3. The molecule has 0 spiro atoms. The van der Waals surface area contributed by atoms with Crippen molar-refractivity contribution in [3.8, 4) is 5.75 Å². The van der Waals surface area contributed by atoms with Gasteiger partial charge in [-0.3, -0.25) is 9.69 Å². The molecule has 2 N–H and O–H groups in total. The normalized spacial score (nSPS) is 11.9. The maximum atomic E-state index is 12.2. The largest absolute Gasteiger partial charge is 0.497 e. The minimum absolute atomic E-state index is 0.0364. The second kappa shape index (κ2) is 7.52. The summed E-state index contributed by atoms with van der Waals surface area (Å²) in [5, 5.41) is 11.6. The van der Waals surface area contributed by atoms with Gasteiger partial charge in [-0.05, 0) is 30.2 Å². The molecular weight excluding hydrogens is 272 g/mol. The number of ether oxygens (including phenoxy) is 1. The highest BCUT2D eigenvalue weighted by molar-refractivity contribution is 5.91. The van der Waals surface area contributed by atoms with E-state index < -0.39 is 12.0 Å². The second-order valence-electron chi connectivity index (χ2n) is 5.15. The van der Waals surface area contributed by atoms with E-state index in [1.54, 1.807) is 38.4 Å². The second-order valence-corrected chi connectivity index (χ2v) is 5.15. The van der Waals surface area contributed by atoms with Gasteiger partial charge >= 0.3 is 12.0 Å². The first-order chi connectivity index (χ1) is 9.85. The first-order valence-corrected chi connectivity index (χ1v) is 6.75. The molecule has 21 heavy (non-hydrogen) atoms. The summed E-state index contributed by atoms with van der Waals surface area (Å²) in [6.45, 7) is 3.75. The molecule has 0 aliphatic heterocycles. The van der Waals surface area contributed by atoms with Crippen LogP contribution in [-0.2, 0) is 4.79 Å². The van der Waals surface area contributed by atoms with Crippen LogP contribution in [0.2, 0.25) is 0 Å². The Morgan fingerprint density at radius 3 is 2.29 bits per heavy atom. The average Bonchev–Trinajstić information content (AvgIpc) is 2.45. The van der Waals surface area contributed by atoms with Crippen molar-refractivity contribution in [1.82, 2.24) is 5.32 Å². The Morgan fingerprint density at radius 1 is 1.29 bits per heavy atom. The minimum Gasteiger partial charge on any atom is -0.497 e. The van der Waals surface area contributed by atoms with Crippen LogP contribution < -0.4 is 15.0 Å². The number of aliphatic carboxylic acids is 1. The fourth-order valence-corrected chi connectivity index (χ4v) is 1.82. The summed E-state index contributed by atoms with van der Waals surface area (Å²) in [4.78, 5) is 24.5. The molecule has 0 saturated heterocycles. The van der Waals surface area contributed by atoms with Gasteiger partial charge in [-0.15, -0.1) is 0 Å². The quantitative estimate of drug-likeness (QED) is 0.844. The van der Waals surface area contributed by atoms with E-state index in [1.807, 2.05) is 13.8 Å². The lowest BCUT2D eigenvalue weighted by Crippen LogP contribution is -2.46. The van der Waals surface area contributed by atoms with E-state index in [9.17, 15) is 9.59 Å². The molecule has 0 bridgehead atoms. The molecule has 6 nitrogen and oxygen atoms in total. The summed E-state index contributed by atoms with van der Waals surface area (Å²) in [6.07, 6.45) is -0.0974. The molecule has 1 aromatic rings. The monoisotopic (exact) mass is 294 g/mol. The number of rotatable bonds is 6. The highest BCUT2D eigenvalue weighted by Gasteiger charge is 2.21.